The first-order valence-corrected chi connectivity index (χ1v) is 11.7. The number of amidine groups is 1. The van der Waals surface area contributed by atoms with Gasteiger partial charge in [-0.25, -0.2) is 13.2 Å². The highest BCUT2D eigenvalue weighted by Gasteiger charge is 2.26. The summed E-state index contributed by atoms with van der Waals surface area (Å²) in [5.74, 6) is 0.401. The van der Waals surface area contributed by atoms with Gasteiger partial charge in [-0.15, -0.1) is 0 Å². The lowest BCUT2D eigenvalue weighted by Gasteiger charge is -2.26. The summed E-state index contributed by atoms with van der Waals surface area (Å²) in [6.07, 6.45) is 0.635. The van der Waals surface area contributed by atoms with E-state index in [-0.39, 0.29) is 11.5 Å². The van der Waals surface area contributed by atoms with E-state index >= 15 is 0 Å². The number of carbonyl (C=O) groups is 1. The Labute approximate surface area is 181 Å². The number of hydrogen-bond donors (Lipinski definition) is 1. The Morgan fingerprint density at radius 1 is 1.10 bits per heavy atom. The van der Waals surface area contributed by atoms with Crippen LogP contribution in [0.15, 0.2) is 58.4 Å². The number of esters is 1. The minimum Gasteiger partial charge on any atom is -0.462 e. The van der Waals surface area contributed by atoms with Gasteiger partial charge in [-0.05, 0) is 36.2 Å². The molecule has 4 rings (SSSR count). The molecule has 0 bridgehead atoms. The summed E-state index contributed by atoms with van der Waals surface area (Å²) < 4.78 is 37.2. The molecule has 164 valence electrons. The second kappa shape index (κ2) is 9.59. The van der Waals surface area contributed by atoms with E-state index in [0.717, 1.165) is 11.4 Å². The van der Waals surface area contributed by atoms with Crippen LogP contribution >= 0.6 is 0 Å². The van der Waals surface area contributed by atoms with Gasteiger partial charge in [-0.3, -0.25) is 4.99 Å². The van der Waals surface area contributed by atoms with Crippen LogP contribution in [0.5, 0.6) is 0 Å². The van der Waals surface area contributed by atoms with Crippen LogP contribution in [0.4, 0.5) is 0 Å². The number of fused-ring (bicyclic) bond motifs is 1. The summed E-state index contributed by atoms with van der Waals surface area (Å²) in [6, 6.07) is 13.9. The maximum Gasteiger partial charge on any atom is 0.338 e. The predicted molar refractivity (Wildman–Crippen MR) is 116 cm³/mol. The average Bonchev–Trinajstić information content (AvgIpc) is 3.22. The number of hydrogen-bond acceptors (Lipinski definition) is 7. The fraction of sp³-hybridized carbons (Fsp3) is 0.364. The lowest BCUT2D eigenvalue weighted by molar-refractivity contribution is 0.0501. The van der Waals surface area contributed by atoms with Crippen molar-refractivity contribution in [3.05, 3.63) is 65.2 Å². The number of carbonyl (C=O) groups excluding carboxylic acids is 1. The Bertz CT molecular complexity index is 1060. The van der Waals surface area contributed by atoms with Crippen molar-refractivity contribution in [2.24, 2.45) is 4.99 Å². The summed E-state index contributed by atoms with van der Waals surface area (Å²) in [7, 11) is -3.58. The first kappa shape index (κ1) is 21.5. The molecule has 0 atom stereocenters. The van der Waals surface area contributed by atoms with E-state index in [1.165, 1.54) is 34.1 Å². The molecule has 2 aliphatic rings. The second-order valence-corrected chi connectivity index (χ2v) is 9.22. The molecule has 2 heterocycles. The molecule has 1 N–H and O–H groups in total. The molecule has 9 heteroatoms. The van der Waals surface area contributed by atoms with Gasteiger partial charge in [0, 0.05) is 25.2 Å². The average molecular weight is 444 g/mol. The van der Waals surface area contributed by atoms with Gasteiger partial charge in [-0.1, -0.05) is 24.3 Å². The number of sulfonamides is 1. The van der Waals surface area contributed by atoms with E-state index in [1.807, 2.05) is 18.2 Å². The molecule has 0 aliphatic carbocycles. The van der Waals surface area contributed by atoms with Crippen LogP contribution in [0.25, 0.3) is 0 Å². The zero-order valence-corrected chi connectivity index (χ0v) is 17.9. The maximum atomic E-state index is 12.6. The summed E-state index contributed by atoms with van der Waals surface area (Å²) in [5.41, 5.74) is 2.64. The van der Waals surface area contributed by atoms with Crippen molar-refractivity contribution in [1.82, 2.24) is 9.62 Å². The zero-order valence-electron chi connectivity index (χ0n) is 17.1. The number of aliphatic imine (C=N–C) groups is 1. The molecule has 2 aromatic rings. The third-order valence-electron chi connectivity index (χ3n) is 5.22. The number of rotatable bonds is 7. The van der Waals surface area contributed by atoms with Gasteiger partial charge >= 0.3 is 5.97 Å². The van der Waals surface area contributed by atoms with Crippen LogP contribution in [0.3, 0.4) is 0 Å². The zero-order chi connectivity index (χ0) is 21.7. The fourth-order valence-corrected chi connectivity index (χ4v) is 4.92. The summed E-state index contributed by atoms with van der Waals surface area (Å²) >= 11 is 0. The van der Waals surface area contributed by atoms with Gasteiger partial charge < -0.3 is 14.8 Å². The van der Waals surface area contributed by atoms with Crippen molar-refractivity contribution in [2.75, 3.05) is 39.5 Å². The Morgan fingerprint density at radius 3 is 2.61 bits per heavy atom. The third-order valence-corrected chi connectivity index (χ3v) is 7.14. The van der Waals surface area contributed by atoms with Gasteiger partial charge in [0.15, 0.2) is 0 Å². The number of ether oxygens (including phenoxy) is 2. The van der Waals surface area contributed by atoms with E-state index < -0.39 is 16.0 Å². The van der Waals surface area contributed by atoms with Crippen molar-refractivity contribution in [3.63, 3.8) is 0 Å². The maximum absolute atomic E-state index is 12.6. The molecule has 2 aliphatic heterocycles. The lowest BCUT2D eigenvalue weighted by atomic mass is 10.1. The molecule has 0 saturated carbocycles. The Hall–Kier alpha value is -2.75. The van der Waals surface area contributed by atoms with Crippen molar-refractivity contribution in [1.29, 1.82) is 0 Å². The molecule has 8 nitrogen and oxygen atoms in total. The van der Waals surface area contributed by atoms with Gasteiger partial charge in [0.2, 0.25) is 10.0 Å². The van der Waals surface area contributed by atoms with Crippen LogP contribution in [0.2, 0.25) is 0 Å². The third kappa shape index (κ3) is 4.95. The molecule has 0 spiro atoms. The largest absolute Gasteiger partial charge is 0.462 e. The number of morpholine rings is 1. The highest BCUT2D eigenvalue weighted by molar-refractivity contribution is 7.89. The summed E-state index contributed by atoms with van der Waals surface area (Å²) in [4.78, 5) is 16.9. The first-order valence-electron chi connectivity index (χ1n) is 10.3. The number of benzene rings is 2. The van der Waals surface area contributed by atoms with Gasteiger partial charge in [-0.2, -0.15) is 4.31 Å². The summed E-state index contributed by atoms with van der Waals surface area (Å²) in [5, 5.41) is 3.28. The molecule has 0 unspecified atom stereocenters. The SMILES string of the molecule is O=C(OCCCNC1=NCc2ccccc21)c1ccc(S(=O)(=O)N2CCOCC2)cc1. The van der Waals surface area contributed by atoms with E-state index in [9.17, 15) is 13.2 Å². The first-order chi connectivity index (χ1) is 15.1. The quantitative estimate of drug-likeness (QED) is 0.518. The standard InChI is InChI=1S/C22H25N3O5S/c26-22(30-13-3-10-23-21-20-5-2-1-4-18(20)16-24-21)17-6-8-19(9-7-17)31(27,28)25-11-14-29-15-12-25/h1-2,4-9H,3,10-16H2,(H,23,24). The highest BCUT2D eigenvalue weighted by atomic mass is 32.2. The van der Waals surface area contributed by atoms with E-state index in [1.54, 1.807) is 0 Å². The fourth-order valence-electron chi connectivity index (χ4n) is 3.52. The smallest absolute Gasteiger partial charge is 0.338 e. The molecule has 0 amide bonds. The topological polar surface area (TPSA) is 97.3 Å². The van der Waals surface area contributed by atoms with Crippen LogP contribution in [0, 0.1) is 0 Å². The molecular formula is C22H25N3O5S. The van der Waals surface area contributed by atoms with Gasteiger partial charge in [0.1, 0.15) is 5.84 Å². The molecule has 31 heavy (non-hydrogen) atoms. The Kier molecular flexibility index (Phi) is 6.64. The monoisotopic (exact) mass is 443 g/mol. The van der Waals surface area contributed by atoms with Crippen LogP contribution in [-0.2, 0) is 26.0 Å². The lowest BCUT2D eigenvalue weighted by Crippen LogP contribution is -2.40. The molecular weight excluding hydrogens is 418 g/mol. The van der Waals surface area contributed by atoms with Gasteiger partial charge in [0.05, 0.1) is 36.8 Å². The predicted octanol–water partition coefficient (Wildman–Crippen LogP) is 1.80. The van der Waals surface area contributed by atoms with Crippen molar-refractivity contribution < 1.29 is 22.7 Å². The summed E-state index contributed by atoms with van der Waals surface area (Å²) in [6.45, 7) is 3.02. The molecule has 2 aromatic carbocycles. The molecule has 0 aromatic heterocycles. The normalized spacial score (nSPS) is 16.5. The van der Waals surface area contributed by atoms with E-state index in [4.69, 9.17) is 9.47 Å². The Balaban J connectivity index is 1.23. The molecule has 0 radical (unpaired) electrons. The van der Waals surface area contributed by atoms with Gasteiger partial charge in [0.25, 0.3) is 0 Å². The molecule has 1 saturated heterocycles. The number of nitrogens with zero attached hydrogens (tertiary/aromatic N) is 2. The van der Waals surface area contributed by atoms with E-state index in [0.29, 0.717) is 51.4 Å². The number of nitrogens with one attached hydrogen (secondary N) is 1. The van der Waals surface area contributed by atoms with Crippen LogP contribution < -0.4 is 5.32 Å². The second-order valence-electron chi connectivity index (χ2n) is 7.28. The highest BCUT2D eigenvalue weighted by Crippen LogP contribution is 2.18. The van der Waals surface area contributed by atoms with Crippen LogP contribution in [-0.4, -0.2) is 64.0 Å². The molecule has 1 fully saturated rings. The minimum absolute atomic E-state index is 0.160. The minimum atomic E-state index is -3.58. The van der Waals surface area contributed by atoms with Crippen molar-refractivity contribution in [2.45, 2.75) is 17.9 Å². The van der Waals surface area contributed by atoms with E-state index in [2.05, 4.69) is 16.4 Å². The van der Waals surface area contributed by atoms with Crippen molar-refractivity contribution >= 4 is 21.8 Å². The van der Waals surface area contributed by atoms with Crippen LogP contribution in [0.1, 0.15) is 27.9 Å². The van der Waals surface area contributed by atoms with Crippen molar-refractivity contribution in [3.8, 4) is 0 Å². The Morgan fingerprint density at radius 2 is 1.84 bits per heavy atom.